The minimum atomic E-state index is -1.41. The van der Waals surface area contributed by atoms with Gasteiger partial charge in [-0.05, 0) is 24.1 Å². The first-order chi connectivity index (χ1) is 7.52. The van der Waals surface area contributed by atoms with Crippen molar-refractivity contribution in [1.82, 2.24) is 0 Å². The number of hydrogen-bond donors (Lipinski definition) is 1. The number of rotatable bonds is 5. The fourth-order valence-electron chi connectivity index (χ4n) is 1.73. The summed E-state index contributed by atoms with van der Waals surface area (Å²) in [5, 5.41) is 0.998. The Bertz CT molecular complexity index is 337. The molecular weight excluding hydrogens is 248 g/mol. The maximum atomic E-state index is 14.3. The average molecular weight is 264 g/mol. The zero-order valence-electron chi connectivity index (χ0n) is 9.27. The molecule has 1 aromatic carbocycles. The molecule has 0 saturated carbocycles. The summed E-state index contributed by atoms with van der Waals surface area (Å²) in [6.07, 6.45) is 1.34. The van der Waals surface area contributed by atoms with Crippen molar-refractivity contribution in [1.29, 1.82) is 0 Å². The van der Waals surface area contributed by atoms with Crippen molar-refractivity contribution < 1.29 is 4.39 Å². The van der Waals surface area contributed by atoms with Gasteiger partial charge in [-0.1, -0.05) is 42.6 Å². The molecule has 0 aromatic heterocycles. The van der Waals surface area contributed by atoms with E-state index >= 15 is 0 Å². The van der Waals surface area contributed by atoms with Gasteiger partial charge in [0.15, 0.2) is 0 Å². The van der Waals surface area contributed by atoms with E-state index in [9.17, 15) is 4.39 Å². The van der Waals surface area contributed by atoms with Crippen LogP contribution in [-0.2, 0) is 6.42 Å². The number of hydrogen-bond acceptors (Lipinski definition) is 1. The molecule has 0 aliphatic rings. The molecule has 0 spiro atoms. The summed E-state index contributed by atoms with van der Waals surface area (Å²) < 4.78 is 14.3. The van der Waals surface area contributed by atoms with Crippen LogP contribution in [0.3, 0.4) is 0 Å². The van der Waals surface area contributed by atoms with E-state index in [2.05, 4.69) is 0 Å². The van der Waals surface area contributed by atoms with Gasteiger partial charge in [0.1, 0.15) is 5.67 Å². The van der Waals surface area contributed by atoms with E-state index in [0.717, 1.165) is 6.42 Å². The monoisotopic (exact) mass is 263 g/mol. The lowest BCUT2D eigenvalue weighted by atomic mass is 9.92. The first-order valence-electron chi connectivity index (χ1n) is 5.34. The van der Waals surface area contributed by atoms with E-state index in [-0.39, 0.29) is 13.0 Å². The van der Waals surface area contributed by atoms with Crippen molar-refractivity contribution in [3.63, 3.8) is 0 Å². The minimum Gasteiger partial charge on any atom is -0.328 e. The summed E-state index contributed by atoms with van der Waals surface area (Å²) >= 11 is 12.0. The highest BCUT2D eigenvalue weighted by Gasteiger charge is 2.29. The lowest BCUT2D eigenvalue weighted by molar-refractivity contribution is 0.158. The maximum absolute atomic E-state index is 14.3. The van der Waals surface area contributed by atoms with Crippen LogP contribution in [0.2, 0.25) is 10.0 Å². The van der Waals surface area contributed by atoms with Crippen molar-refractivity contribution in [3.05, 3.63) is 33.8 Å². The second-order valence-electron chi connectivity index (χ2n) is 3.98. The number of nitrogens with two attached hydrogens (primary N) is 1. The normalized spacial score (nSPS) is 14.8. The smallest absolute Gasteiger partial charge is 0.127 e. The van der Waals surface area contributed by atoms with E-state index < -0.39 is 5.67 Å². The summed E-state index contributed by atoms with van der Waals surface area (Å²) in [5.74, 6) is 0. The summed E-state index contributed by atoms with van der Waals surface area (Å²) in [4.78, 5) is 0. The molecule has 2 N–H and O–H groups in total. The maximum Gasteiger partial charge on any atom is 0.127 e. The Hall–Kier alpha value is -0.310. The summed E-state index contributed by atoms with van der Waals surface area (Å²) in [6, 6.07) is 5.17. The van der Waals surface area contributed by atoms with Gasteiger partial charge in [-0.3, -0.25) is 0 Å². The molecule has 0 aliphatic heterocycles. The highest BCUT2D eigenvalue weighted by molar-refractivity contribution is 6.36. The molecule has 0 aliphatic carbocycles. The third-order valence-corrected chi connectivity index (χ3v) is 3.33. The zero-order chi connectivity index (χ0) is 12.2. The fraction of sp³-hybridized carbons (Fsp3) is 0.500. The standard InChI is InChI=1S/C12H16Cl2FN/c1-2-6-12(15,8-16)7-9-10(13)4-3-5-11(9)14/h3-5H,2,6-8,16H2,1H3. The topological polar surface area (TPSA) is 26.0 Å². The summed E-state index contributed by atoms with van der Waals surface area (Å²) in [5.41, 5.74) is 4.71. The molecule has 1 nitrogen and oxygen atoms in total. The number of alkyl halides is 1. The molecule has 0 amide bonds. The molecule has 0 heterocycles. The third kappa shape index (κ3) is 3.34. The van der Waals surface area contributed by atoms with Crippen LogP contribution >= 0.6 is 23.2 Å². The Kier molecular flexibility index (Phi) is 5.03. The molecule has 4 heteroatoms. The van der Waals surface area contributed by atoms with Crippen molar-refractivity contribution in [2.75, 3.05) is 6.54 Å². The van der Waals surface area contributed by atoms with Gasteiger partial charge in [0, 0.05) is 23.0 Å². The van der Waals surface area contributed by atoms with Crippen molar-refractivity contribution in [2.24, 2.45) is 5.73 Å². The molecular formula is C12H16Cl2FN. The predicted octanol–water partition coefficient (Wildman–Crippen LogP) is 4.00. The van der Waals surface area contributed by atoms with Crippen molar-refractivity contribution in [3.8, 4) is 0 Å². The van der Waals surface area contributed by atoms with E-state index in [0.29, 0.717) is 22.0 Å². The van der Waals surface area contributed by atoms with Gasteiger partial charge in [0.05, 0.1) is 0 Å². The van der Waals surface area contributed by atoms with Crippen LogP contribution < -0.4 is 5.73 Å². The first kappa shape index (κ1) is 13.8. The van der Waals surface area contributed by atoms with Gasteiger partial charge in [-0.2, -0.15) is 0 Å². The molecule has 90 valence electrons. The Morgan fingerprint density at radius 2 is 1.88 bits per heavy atom. The molecule has 1 rings (SSSR count). The van der Waals surface area contributed by atoms with Crippen LogP contribution in [-0.4, -0.2) is 12.2 Å². The summed E-state index contributed by atoms with van der Waals surface area (Å²) in [7, 11) is 0. The van der Waals surface area contributed by atoms with Gasteiger partial charge >= 0.3 is 0 Å². The van der Waals surface area contributed by atoms with Gasteiger partial charge in [-0.25, -0.2) is 4.39 Å². The Morgan fingerprint density at radius 1 is 1.31 bits per heavy atom. The molecule has 16 heavy (non-hydrogen) atoms. The van der Waals surface area contributed by atoms with Gasteiger partial charge in [0.2, 0.25) is 0 Å². The van der Waals surface area contributed by atoms with Crippen molar-refractivity contribution in [2.45, 2.75) is 31.9 Å². The molecule has 1 atom stereocenters. The summed E-state index contributed by atoms with van der Waals surface area (Å²) in [6.45, 7) is 1.92. The van der Waals surface area contributed by atoms with Crippen molar-refractivity contribution >= 4 is 23.2 Å². The highest BCUT2D eigenvalue weighted by Crippen LogP contribution is 2.31. The molecule has 0 fully saturated rings. The lowest BCUT2D eigenvalue weighted by Crippen LogP contribution is -2.35. The first-order valence-corrected chi connectivity index (χ1v) is 6.10. The van der Waals surface area contributed by atoms with Gasteiger partial charge in [-0.15, -0.1) is 0 Å². The third-order valence-electron chi connectivity index (χ3n) is 2.62. The Balaban J connectivity index is 2.94. The predicted molar refractivity (Wildman–Crippen MR) is 68.0 cm³/mol. The van der Waals surface area contributed by atoms with Crippen LogP contribution in [0.25, 0.3) is 0 Å². The Labute approximate surface area is 106 Å². The highest BCUT2D eigenvalue weighted by atomic mass is 35.5. The van der Waals surface area contributed by atoms with Crippen LogP contribution in [0.5, 0.6) is 0 Å². The number of benzene rings is 1. The largest absolute Gasteiger partial charge is 0.328 e. The average Bonchev–Trinajstić information content (AvgIpc) is 2.24. The minimum absolute atomic E-state index is 0.0115. The molecule has 1 aromatic rings. The van der Waals surface area contributed by atoms with Crippen LogP contribution in [0.4, 0.5) is 4.39 Å². The quantitative estimate of drug-likeness (QED) is 0.854. The molecule has 1 unspecified atom stereocenters. The second kappa shape index (κ2) is 5.85. The SMILES string of the molecule is CCCC(F)(CN)Cc1c(Cl)cccc1Cl. The second-order valence-corrected chi connectivity index (χ2v) is 4.80. The molecule has 0 bridgehead atoms. The van der Waals surface area contributed by atoms with Crippen LogP contribution in [0, 0.1) is 0 Å². The van der Waals surface area contributed by atoms with Gasteiger partial charge in [0.25, 0.3) is 0 Å². The van der Waals surface area contributed by atoms with E-state index in [1.54, 1.807) is 18.2 Å². The van der Waals surface area contributed by atoms with Crippen LogP contribution in [0.15, 0.2) is 18.2 Å². The van der Waals surface area contributed by atoms with Crippen LogP contribution in [0.1, 0.15) is 25.3 Å². The number of halogens is 3. The fourth-order valence-corrected chi connectivity index (χ4v) is 2.26. The van der Waals surface area contributed by atoms with E-state index in [1.165, 1.54) is 0 Å². The lowest BCUT2D eigenvalue weighted by Gasteiger charge is -2.24. The molecule has 0 saturated heterocycles. The Morgan fingerprint density at radius 3 is 2.31 bits per heavy atom. The molecule has 0 radical (unpaired) electrons. The zero-order valence-corrected chi connectivity index (χ0v) is 10.8. The van der Waals surface area contributed by atoms with E-state index in [1.807, 2.05) is 6.92 Å². The van der Waals surface area contributed by atoms with E-state index in [4.69, 9.17) is 28.9 Å². The van der Waals surface area contributed by atoms with Gasteiger partial charge < -0.3 is 5.73 Å².